The number of nitro benzene ring substituents is 1. The quantitative estimate of drug-likeness (QED) is 0.434. The predicted octanol–water partition coefficient (Wildman–Crippen LogP) is 2.82. The van der Waals surface area contributed by atoms with Crippen LogP contribution in [-0.4, -0.2) is 25.8 Å². The molecule has 1 saturated carbocycles. The molecule has 1 aliphatic rings. The van der Waals surface area contributed by atoms with Gasteiger partial charge >= 0.3 is 0 Å². The lowest BCUT2D eigenvalue weighted by molar-refractivity contribution is -0.387. The molecule has 2 aromatic rings. The number of hydrazine groups is 1. The van der Waals surface area contributed by atoms with Crippen LogP contribution in [0.2, 0.25) is 0 Å². The number of hydrogen-bond donors (Lipinski definition) is 3. The summed E-state index contributed by atoms with van der Waals surface area (Å²) < 4.78 is 27.5. The third-order valence-corrected chi connectivity index (χ3v) is 6.71. The van der Waals surface area contributed by atoms with Gasteiger partial charge in [0.05, 0.1) is 10.6 Å². The Morgan fingerprint density at radius 2 is 1.63 bits per heavy atom. The molecule has 0 aliphatic heterocycles. The molecule has 0 radical (unpaired) electrons. The Morgan fingerprint density at radius 3 is 2.30 bits per heavy atom. The van der Waals surface area contributed by atoms with Crippen molar-refractivity contribution in [1.82, 2.24) is 10.1 Å². The second kappa shape index (κ2) is 9.68. The zero-order valence-corrected chi connectivity index (χ0v) is 17.1. The van der Waals surface area contributed by atoms with Crippen molar-refractivity contribution in [3.05, 3.63) is 64.7 Å². The Kier molecular flexibility index (Phi) is 7.01. The topological polar surface area (TPSA) is 130 Å². The monoisotopic (exact) mass is 432 g/mol. The average molecular weight is 433 g/mol. The molecule has 0 unspecified atom stereocenters. The predicted molar refractivity (Wildman–Crippen MR) is 112 cm³/mol. The number of benzene rings is 2. The van der Waals surface area contributed by atoms with Crippen molar-refractivity contribution >= 4 is 27.3 Å². The van der Waals surface area contributed by atoms with Gasteiger partial charge in [-0.1, -0.05) is 30.3 Å². The van der Waals surface area contributed by atoms with Gasteiger partial charge in [-0.2, -0.15) is 0 Å². The summed E-state index contributed by atoms with van der Waals surface area (Å²) in [5, 5.41) is 11.1. The van der Waals surface area contributed by atoms with Crippen molar-refractivity contribution in [3.8, 4) is 0 Å². The van der Waals surface area contributed by atoms with Gasteiger partial charge in [0.2, 0.25) is 15.9 Å². The maximum Gasteiger partial charge on any atom is 0.289 e. The van der Waals surface area contributed by atoms with E-state index in [-0.39, 0.29) is 29.2 Å². The van der Waals surface area contributed by atoms with Crippen LogP contribution in [0.3, 0.4) is 0 Å². The Hall–Kier alpha value is -2.98. The van der Waals surface area contributed by atoms with Gasteiger partial charge in [0.1, 0.15) is 0 Å². The first-order chi connectivity index (χ1) is 14.4. The van der Waals surface area contributed by atoms with E-state index in [1.807, 2.05) is 30.3 Å². The fourth-order valence-corrected chi connectivity index (χ4v) is 4.81. The number of para-hydroxylation sites is 2. The van der Waals surface area contributed by atoms with E-state index in [4.69, 9.17) is 0 Å². The summed E-state index contributed by atoms with van der Waals surface area (Å²) >= 11 is 0. The molecule has 0 spiro atoms. The third kappa shape index (κ3) is 5.55. The number of nitrogens with zero attached hydrogens (tertiary/aromatic N) is 1. The number of nitrogens with one attached hydrogen (secondary N) is 3. The SMILES string of the molecule is O=C(NNc1ccccc1)C1CCC(CNS(=O)(=O)c2ccccc2[N+](=O)[O-])CC1. The molecule has 0 atom stereocenters. The molecule has 0 saturated heterocycles. The normalized spacial score (nSPS) is 19.1. The second-order valence-corrected chi connectivity index (χ2v) is 9.01. The molecule has 1 fully saturated rings. The van der Waals surface area contributed by atoms with Crippen LogP contribution in [0.25, 0.3) is 0 Å². The summed E-state index contributed by atoms with van der Waals surface area (Å²) in [6.07, 6.45) is 2.70. The maximum absolute atomic E-state index is 12.5. The number of carbonyl (C=O) groups is 1. The molecular formula is C20H24N4O5S. The summed E-state index contributed by atoms with van der Waals surface area (Å²) in [4.78, 5) is 22.4. The molecular weight excluding hydrogens is 408 g/mol. The van der Waals surface area contributed by atoms with Crippen LogP contribution in [-0.2, 0) is 14.8 Å². The Balaban J connectivity index is 1.48. The number of sulfonamides is 1. The highest BCUT2D eigenvalue weighted by molar-refractivity contribution is 7.89. The summed E-state index contributed by atoms with van der Waals surface area (Å²) in [5.74, 6) is -0.143. The van der Waals surface area contributed by atoms with Gasteiger partial charge < -0.3 is 0 Å². The summed E-state index contributed by atoms with van der Waals surface area (Å²) in [6.45, 7) is 0.186. The zero-order valence-electron chi connectivity index (χ0n) is 16.3. The molecule has 3 rings (SSSR count). The van der Waals surface area contributed by atoms with Crippen LogP contribution in [0.5, 0.6) is 0 Å². The van der Waals surface area contributed by atoms with Gasteiger partial charge in [0.15, 0.2) is 4.90 Å². The van der Waals surface area contributed by atoms with Gasteiger partial charge in [0, 0.05) is 18.5 Å². The van der Waals surface area contributed by atoms with Crippen molar-refractivity contribution in [3.63, 3.8) is 0 Å². The lowest BCUT2D eigenvalue weighted by Crippen LogP contribution is -2.38. The Labute approximate surface area is 175 Å². The van der Waals surface area contributed by atoms with Crippen LogP contribution in [0.1, 0.15) is 25.7 Å². The van der Waals surface area contributed by atoms with Crippen LogP contribution in [0.4, 0.5) is 11.4 Å². The standard InChI is InChI=1S/C20H24N4O5S/c25-20(23-22-17-6-2-1-3-7-17)16-12-10-15(11-13-16)14-21-30(28,29)19-9-5-4-8-18(19)24(26)27/h1-9,15-16,21-22H,10-14H2,(H,23,25). The number of carbonyl (C=O) groups excluding carboxylic acids is 1. The number of rotatable bonds is 8. The fourth-order valence-electron chi connectivity index (χ4n) is 3.53. The number of nitro groups is 1. The first-order valence-electron chi connectivity index (χ1n) is 9.71. The maximum atomic E-state index is 12.5. The Morgan fingerprint density at radius 1 is 1.00 bits per heavy atom. The molecule has 30 heavy (non-hydrogen) atoms. The lowest BCUT2D eigenvalue weighted by Gasteiger charge is -2.28. The van der Waals surface area contributed by atoms with Crippen molar-refractivity contribution in [2.45, 2.75) is 30.6 Å². The van der Waals surface area contributed by atoms with Gasteiger partial charge in [-0.15, -0.1) is 0 Å². The number of anilines is 1. The van der Waals surface area contributed by atoms with Crippen LogP contribution >= 0.6 is 0 Å². The van der Waals surface area contributed by atoms with Crippen LogP contribution in [0.15, 0.2) is 59.5 Å². The van der Waals surface area contributed by atoms with Crippen LogP contribution < -0.4 is 15.6 Å². The minimum absolute atomic E-state index is 0.0775. The van der Waals surface area contributed by atoms with E-state index in [9.17, 15) is 23.3 Å². The smallest absolute Gasteiger partial charge is 0.289 e. The van der Waals surface area contributed by atoms with E-state index >= 15 is 0 Å². The van der Waals surface area contributed by atoms with Gasteiger partial charge in [0.25, 0.3) is 5.69 Å². The highest BCUT2D eigenvalue weighted by Crippen LogP contribution is 2.29. The van der Waals surface area contributed by atoms with Gasteiger partial charge in [-0.25, -0.2) is 13.1 Å². The van der Waals surface area contributed by atoms with E-state index in [1.165, 1.54) is 24.3 Å². The van der Waals surface area contributed by atoms with Crippen molar-refractivity contribution < 1.29 is 18.1 Å². The molecule has 9 nitrogen and oxygen atoms in total. The van der Waals surface area contributed by atoms with Crippen molar-refractivity contribution in [2.24, 2.45) is 11.8 Å². The van der Waals surface area contributed by atoms with E-state index in [1.54, 1.807) is 0 Å². The first kappa shape index (κ1) is 21.7. The minimum Gasteiger partial charge on any atom is -0.299 e. The molecule has 1 aliphatic carbocycles. The number of hydrogen-bond acceptors (Lipinski definition) is 6. The summed E-state index contributed by atoms with van der Waals surface area (Å²) in [7, 11) is -3.99. The van der Waals surface area contributed by atoms with E-state index < -0.39 is 20.6 Å². The van der Waals surface area contributed by atoms with E-state index in [0.717, 1.165) is 5.69 Å². The molecule has 0 bridgehead atoms. The Bertz CT molecular complexity index is 989. The van der Waals surface area contributed by atoms with Crippen molar-refractivity contribution in [2.75, 3.05) is 12.0 Å². The minimum atomic E-state index is -3.99. The van der Waals surface area contributed by atoms with E-state index in [2.05, 4.69) is 15.6 Å². The fraction of sp³-hybridized carbons (Fsp3) is 0.350. The highest BCUT2D eigenvalue weighted by atomic mass is 32.2. The molecule has 0 aromatic heterocycles. The average Bonchev–Trinajstić information content (AvgIpc) is 2.77. The van der Waals surface area contributed by atoms with E-state index in [0.29, 0.717) is 25.7 Å². The lowest BCUT2D eigenvalue weighted by atomic mass is 9.82. The first-order valence-corrected chi connectivity index (χ1v) is 11.2. The summed E-state index contributed by atoms with van der Waals surface area (Å²) in [5.41, 5.74) is 5.95. The molecule has 160 valence electrons. The zero-order chi connectivity index (χ0) is 21.6. The molecule has 1 amide bonds. The molecule has 0 heterocycles. The molecule has 2 aromatic carbocycles. The van der Waals surface area contributed by atoms with Gasteiger partial charge in [-0.3, -0.25) is 25.8 Å². The van der Waals surface area contributed by atoms with Crippen molar-refractivity contribution in [1.29, 1.82) is 0 Å². The largest absolute Gasteiger partial charge is 0.299 e. The highest BCUT2D eigenvalue weighted by Gasteiger charge is 2.29. The van der Waals surface area contributed by atoms with Gasteiger partial charge in [-0.05, 0) is 49.8 Å². The van der Waals surface area contributed by atoms with Crippen LogP contribution in [0, 0.1) is 22.0 Å². The number of amides is 1. The third-order valence-electron chi connectivity index (χ3n) is 5.23. The summed E-state index contributed by atoms with van der Waals surface area (Å²) in [6, 6.07) is 14.6. The second-order valence-electron chi connectivity index (χ2n) is 7.27. The molecule has 10 heteroatoms. The molecule has 3 N–H and O–H groups in total.